The van der Waals surface area contributed by atoms with E-state index in [9.17, 15) is 4.79 Å². The number of carbonyl (C=O) groups excluding carboxylic acids is 1. The van der Waals surface area contributed by atoms with E-state index in [-0.39, 0.29) is 18.6 Å². The molecule has 0 bridgehead atoms. The summed E-state index contributed by atoms with van der Waals surface area (Å²) < 4.78 is 23.2. The average molecular weight is 477 g/mol. The summed E-state index contributed by atoms with van der Waals surface area (Å²) in [6.07, 6.45) is 1.85. The normalized spacial score (nSPS) is 15.7. The molecule has 1 fully saturated rings. The number of ether oxygens (including phenoxy) is 4. The van der Waals surface area contributed by atoms with Gasteiger partial charge in [-0.25, -0.2) is 4.98 Å². The minimum absolute atomic E-state index is 0.0335. The number of fused-ring (bicyclic) bond motifs is 1. The third kappa shape index (κ3) is 5.09. The number of hydrogen-bond acceptors (Lipinski definition) is 7. The fourth-order valence-electron chi connectivity index (χ4n) is 3.52. The van der Waals surface area contributed by atoms with Crippen LogP contribution in [0.5, 0.6) is 17.2 Å². The summed E-state index contributed by atoms with van der Waals surface area (Å²) in [6.45, 7) is 3.51. The highest BCUT2D eigenvalue weighted by atomic mass is 35.5. The van der Waals surface area contributed by atoms with Crippen LogP contribution in [0.1, 0.15) is 19.8 Å². The van der Waals surface area contributed by atoms with Crippen LogP contribution in [0.15, 0.2) is 36.4 Å². The molecule has 170 valence electrons. The van der Waals surface area contributed by atoms with Crippen LogP contribution in [-0.2, 0) is 9.53 Å². The van der Waals surface area contributed by atoms with Crippen molar-refractivity contribution in [3.05, 3.63) is 41.4 Å². The van der Waals surface area contributed by atoms with Gasteiger partial charge >= 0.3 is 0 Å². The first-order valence-corrected chi connectivity index (χ1v) is 11.7. The van der Waals surface area contributed by atoms with Crippen LogP contribution in [0.3, 0.4) is 0 Å². The highest BCUT2D eigenvalue weighted by Gasteiger charge is 2.27. The minimum atomic E-state index is -0.205. The van der Waals surface area contributed by atoms with Crippen LogP contribution in [0, 0.1) is 0 Å². The summed E-state index contributed by atoms with van der Waals surface area (Å²) in [5, 5.41) is 1.11. The molecule has 1 aliphatic heterocycles. The molecule has 0 spiro atoms. The Morgan fingerprint density at radius 1 is 1.22 bits per heavy atom. The first-order chi connectivity index (χ1) is 15.6. The van der Waals surface area contributed by atoms with Crippen molar-refractivity contribution in [3.8, 4) is 17.2 Å². The number of nitrogens with zero attached hydrogens (tertiary/aromatic N) is 2. The molecular weight excluding hydrogens is 452 g/mol. The van der Waals surface area contributed by atoms with Crippen LogP contribution in [-0.4, -0.2) is 50.5 Å². The topological polar surface area (TPSA) is 70.1 Å². The number of thiazole rings is 1. The standard InChI is InChI=1S/C23H25ClN2O5S/c1-3-29-15-6-8-16(9-7-15)31-14-20(27)26(13-17-5-4-12-30-17)23-25-21-19(28-2)11-10-18(24)22(21)32-23/h6-11,17H,3-5,12-14H2,1-2H3. The third-order valence-electron chi connectivity index (χ3n) is 5.11. The van der Waals surface area contributed by atoms with Crippen molar-refractivity contribution < 1.29 is 23.7 Å². The van der Waals surface area contributed by atoms with Gasteiger partial charge in [0, 0.05) is 6.61 Å². The monoisotopic (exact) mass is 476 g/mol. The van der Waals surface area contributed by atoms with Gasteiger partial charge in [-0.3, -0.25) is 9.69 Å². The van der Waals surface area contributed by atoms with Crippen molar-refractivity contribution in [2.75, 3.05) is 38.4 Å². The minimum Gasteiger partial charge on any atom is -0.494 e. The van der Waals surface area contributed by atoms with E-state index in [2.05, 4.69) is 4.98 Å². The van der Waals surface area contributed by atoms with Gasteiger partial charge in [0.15, 0.2) is 11.7 Å². The van der Waals surface area contributed by atoms with Gasteiger partial charge < -0.3 is 18.9 Å². The summed E-state index contributed by atoms with van der Waals surface area (Å²) in [7, 11) is 1.58. The molecule has 2 aromatic carbocycles. The van der Waals surface area contributed by atoms with Crippen molar-refractivity contribution >= 4 is 44.2 Å². The lowest BCUT2D eigenvalue weighted by molar-refractivity contribution is -0.120. The van der Waals surface area contributed by atoms with Gasteiger partial charge in [0.2, 0.25) is 0 Å². The van der Waals surface area contributed by atoms with Gasteiger partial charge in [0.05, 0.1) is 36.1 Å². The largest absolute Gasteiger partial charge is 0.494 e. The number of rotatable bonds is 9. The van der Waals surface area contributed by atoms with Crippen LogP contribution in [0.4, 0.5) is 5.13 Å². The number of halogens is 1. The average Bonchev–Trinajstić information content (AvgIpc) is 3.48. The van der Waals surface area contributed by atoms with Crippen molar-refractivity contribution in [2.45, 2.75) is 25.9 Å². The Morgan fingerprint density at radius 2 is 1.97 bits per heavy atom. The zero-order valence-corrected chi connectivity index (χ0v) is 19.6. The lowest BCUT2D eigenvalue weighted by Gasteiger charge is -2.23. The van der Waals surface area contributed by atoms with E-state index in [1.54, 1.807) is 36.3 Å². The summed E-state index contributed by atoms with van der Waals surface area (Å²) >= 11 is 7.74. The Balaban J connectivity index is 1.55. The summed E-state index contributed by atoms with van der Waals surface area (Å²) in [5.41, 5.74) is 0.637. The van der Waals surface area contributed by atoms with Crippen LogP contribution in [0.2, 0.25) is 5.02 Å². The molecule has 0 saturated carbocycles. The summed E-state index contributed by atoms with van der Waals surface area (Å²) in [4.78, 5) is 19.5. The smallest absolute Gasteiger partial charge is 0.266 e. The van der Waals surface area contributed by atoms with E-state index >= 15 is 0 Å². The summed E-state index contributed by atoms with van der Waals surface area (Å²) in [5.74, 6) is 1.75. The van der Waals surface area contributed by atoms with E-state index in [0.717, 1.165) is 23.3 Å². The van der Waals surface area contributed by atoms with Gasteiger partial charge in [-0.2, -0.15) is 0 Å². The fraction of sp³-hybridized carbons (Fsp3) is 0.391. The van der Waals surface area contributed by atoms with E-state index in [0.29, 0.717) is 46.9 Å². The van der Waals surface area contributed by atoms with Gasteiger partial charge in [-0.05, 0) is 56.2 Å². The fourth-order valence-corrected chi connectivity index (χ4v) is 4.80. The maximum atomic E-state index is 13.2. The first-order valence-electron chi connectivity index (χ1n) is 10.5. The lowest BCUT2D eigenvalue weighted by Crippen LogP contribution is -2.40. The first kappa shape index (κ1) is 22.6. The van der Waals surface area contributed by atoms with Crippen LogP contribution in [0.25, 0.3) is 10.2 Å². The van der Waals surface area contributed by atoms with Gasteiger partial charge in [-0.1, -0.05) is 22.9 Å². The van der Waals surface area contributed by atoms with E-state index in [1.165, 1.54) is 11.3 Å². The molecule has 32 heavy (non-hydrogen) atoms. The highest BCUT2D eigenvalue weighted by Crippen LogP contribution is 2.39. The van der Waals surface area contributed by atoms with Gasteiger partial charge in [0.1, 0.15) is 22.8 Å². The van der Waals surface area contributed by atoms with Gasteiger partial charge in [0.25, 0.3) is 5.91 Å². The molecule has 7 nitrogen and oxygen atoms in total. The lowest BCUT2D eigenvalue weighted by atomic mass is 10.2. The molecule has 1 aromatic heterocycles. The van der Waals surface area contributed by atoms with Crippen molar-refractivity contribution in [1.82, 2.24) is 4.98 Å². The SMILES string of the molecule is CCOc1ccc(OCC(=O)N(CC2CCCO2)c2nc3c(OC)ccc(Cl)c3s2)cc1. The second kappa shape index (κ2) is 10.4. The van der Waals surface area contributed by atoms with Crippen LogP contribution < -0.4 is 19.1 Å². The van der Waals surface area contributed by atoms with E-state index in [4.69, 9.17) is 30.5 Å². The number of hydrogen-bond donors (Lipinski definition) is 0. The number of benzene rings is 2. The number of aromatic nitrogens is 1. The second-order valence-electron chi connectivity index (χ2n) is 7.26. The Hall–Kier alpha value is -2.55. The third-order valence-corrected chi connectivity index (χ3v) is 6.64. The number of methoxy groups -OCH3 is 1. The summed E-state index contributed by atoms with van der Waals surface area (Å²) in [6, 6.07) is 10.7. The molecule has 2 heterocycles. The predicted molar refractivity (Wildman–Crippen MR) is 126 cm³/mol. The number of amides is 1. The van der Waals surface area contributed by atoms with Crippen molar-refractivity contribution in [3.63, 3.8) is 0 Å². The highest BCUT2D eigenvalue weighted by molar-refractivity contribution is 7.23. The van der Waals surface area contributed by atoms with E-state index in [1.807, 2.05) is 19.1 Å². The molecule has 1 aliphatic rings. The zero-order valence-electron chi connectivity index (χ0n) is 18.0. The molecule has 0 N–H and O–H groups in total. The number of carbonyl (C=O) groups is 1. The van der Waals surface area contributed by atoms with E-state index < -0.39 is 0 Å². The molecule has 1 amide bonds. The molecule has 1 atom stereocenters. The molecule has 4 rings (SSSR count). The Kier molecular flexibility index (Phi) is 7.34. The van der Waals surface area contributed by atoms with Crippen LogP contribution >= 0.6 is 22.9 Å². The molecule has 0 aliphatic carbocycles. The molecule has 1 unspecified atom stereocenters. The number of anilines is 1. The maximum absolute atomic E-state index is 13.2. The predicted octanol–water partition coefficient (Wildman–Crippen LogP) is 4.95. The Bertz CT molecular complexity index is 1070. The quantitative estimate of drug-likeness (QED) is 0.435. The molecular formula is C23H25ClN2O5S. The zero-order chi connectivity index (χ0) is 22.5. The molecule has 1 saturated heterocycles. The Labute approximate surface area is 195 Å². The molecule has 0 radical (unpaired) electrons. The van der Waals surface area contributed by atoms with Gasteiger partial charge in [-0.15, -0.1) is 0 Å². The van der Waals surface area contributed by atoms with Crippen molar-refractivity contribution in [1.29, 1.82) is 0 Å². The van der Waals surface area contributed by atoms with Crippen molar-refractivity contribution in [2.24, 2.45) is 0 Å². The molecule has 9 heteroatoms. The Morgan fingerprint density at radius 3 is 2.62 bits per heavy atom. The second-order valence-corrected chi connectivity index (χ2v) is 8.64. The maximum Gasteiger partial charge on any atom is 0.266 e. The molecule has 3 aromatic rings.